The van der Waals surface area contributed by atoms with E-state index in [9.17, 15) is 24.0 Å². The molecule has 0 saturated carbocycles. The molecule has 0 bridgehead atoms. The zero-order valence-corrected chi connectivity index (χ0v) is 28.4. The van der Waals surface area contributed by atoms with Crippen LogP contribution in [0.5, 0.6) is 5.75 Å². The van der Waals surface area contributed by atoms with Gasteiger partial charge in [-0.2, -0.15) is 0 Å². The lowest BCUT2D eigenvalue weighted by molar-refractivity contribution is -0.146. The molecule has 13 heteroatoms. The van der Waals surface area contributed by atoms with Crippen LogP contribution in [0.25, 0.3) is 0 Å². The monoisotopic (exact) mass is 671 g/mol. The van der Waals surface area contributed by atoms with Crippen molar-refractivity contribution in [3.63, 3.8) is 0 Å². The van der Waals surface area contributed by atoms with Gasteiger partial charge >= 0.3 is 0 Å². The Morgan fingerprint density at radius 3 is 2.45 bits per heavy atom. The molecule has 5 amide bonds. The van der Waals surface area contributed by atoms with Gasteiger partial charge in [0.1, 0.15) is 24.4 Å². The Labute approximate surface area is 286 Å². The predicted octanol–water partition coefficient (Wildman–Crippen LogP) is 1.78. The van der Waals surface area contributed by atoms with E-state index in [1.165, 1.54) is 23.9 Å². The first-order valence-electron chi connectivity index (χ1n) is 16.4. The zero-order valence-electron chi connectivity index (χ0n) is 28.4. The first-order valence-corrected chi connectivity index (χ1v) is 16.4. The van der Waals surface area contributed by atoms with E-state index in [4.69, 9.17) is 4.74 Å². The Morgan fingerprint density at radius 2 is 1.73 bits per heavy atom. The number of benzene rings is 2. The molecule has 0 spiro atoms. The Kier molecular flexibility index (Phi) is 13.2. The third-order valence-electron chi connectivity index (χ3n) is 8.16. The lowest BCUT2D eigenvalue weighted by Gasteiger charge is -2.32. The van der Waals surface area contributed by atoms with Gasteiger partial charge in [-0.25, -0.2) is 0 Å². The number of fused-ring (bicyclic) bond motifs is 1. The molecule has 3 aromatic rings. The summed E-state index contributed by atoms with van der Waals surface area (Å²) in [4.78, 5) is 78.9. The molecule has 3 N–H and O–H groups in total. The molecule has 13 nitrogen and oxygen atoms in total. The van der Waals surface area contributed by atoms with E-state index in [2.05, 4.69) is 25.9 Å². The van der Waals surface area contributed by atoms with Crippen LogP contribution in [-0.4, -0.2) is 101 Å². The van der Waals surface area contributed by atoms with Crippen LogP contribution in [0.15, 0.2) is 73.2 Å². The number of carbonyl (C=O) groups is 5. The molecule has 1 aliphatic heterocycles. The number of carbonyl (C=O) groups excluding carboxylic acids is 5. The average molecular weight is 672 g/mol. The van der Waals surface area contributed by atoms with Gasteiger partial charge in [0.2, 0.25) is 23.6 Å². The van der Waals surface area contributed by atoms with Crippen molar-refractivity contribution in [2.45, 2.75) is 57.7 Å². The molecular weight excluding hydrogens is 626 g/mol. The van der Waals surface area contributed by atoms with E-state index < -0.39 is 54.1 Å². The number of nitrogens with zero attached hydrogens (tertiary/aromatic N) is 4. The van der Waals surface area contributed by atoms with E-state index in [1.807, 2.05) is 44.2 Å². The van der Waals surface area contributed by atoms with Crippen LogP contribution in [0.1, 0.15) is 48.3 Å². The summed E-state index contributed by atoms with van der Waals surface area (Å²) in [6.45, 7) is 3.83. The van der Waals surface area contributed by atoms with Crippen LogP contribution in [0.2, 0.25) is 0 Å². The molecule has 0 saturated heterocycles. The number of aromatic nitrogens is 2. The molecule has 260 valence electrons. The van der Waals surface area contributed by atoms with Crippen molar-refractivity contribution in [3.8, 4) is 5.75 Å². The largest absolute Gasteiger partial charge is 0.491 e. The third kappa shape index (κ3) is 10.8. The zero-order chi connectivity index (χ0) is 35.3. The molecule has 49 heavy (non-hydrogen) atoms. The minimum absolute atomic E-state index is 0.0199. The molecule has 0 radical (unpaired) electrons. The standard InChI is InChI=1S/C36H45N7O6/c1-24(2)18-30-36(48)42(3)22-32(44)40-27(19-25-10-6-5-7-11-25)23-49-31-13-9-8-12-28(31)34(46)41-29(20-33(45)43(30)4)35(47)39-15-14-26-21-37-16-17-38-26/h5-13,16-17,21,24,27,29-30H,14-15,18-20,22-23H2,1-4H3,(H,39,47)(H,40,44)(H,41,46)/t27-,29+,30+/m1/s1. The van der Waals surface area contributed by atoms with Crippen LogP contribution in [0.4, 0.5) is 0 Å². The van der Waals surface area contributed by atoms with E-state index in [1.54, 1.807) is 42.9 Å². The van der Waals surface area contributed by atoms with Gasteiger partial charge in [0, 0.05) is 45.7 Å². The van der Waals surface area contributed by atoms with E-state index in [-0.39, 0.29) is 36.9 Å². The van der Waals surface area contributed by atoms with Gasteiger partial charge in [-0.3, -0.25) is 33.9 Å². The van der Waals surface area contributed by atoms with Crippen molar-refractivity contribution >= 4 is 29.5 Å². The maximum atomic E-state index is 13.8. The smallest absolute Gasteiger partial charge is 0.255 e. The molecule has 1 aliphatic rings. The highest BCUT2D eigenvalue weighted by molar-refractivity contribution is 6.01. The van der Waals surface area contributed by atoms with Crippen LogP contribution in [0.3, 0.4) is 0 Å². The molecule has 0 unspecified atom stereocenters. The summed E-state index contributed by atoms with van der Waals surface area (Å²) in [6, 6.07) is 13.5. The SMILES string of the molecule is CC(C)C[C@H]1C(=O)N(C)CC(=O)N[C@H](Cc2ccccc2)COc2ccccc2C(=O)N[C@H](C(=O)NCCc2cnccn2)CC(=O)N1C. The molecule has 1 aromatic heterocycles. The summed E-state index contributed by atoms with van der Waals surface area (Å²) in [5.74, 6) is -2.26. The third-order valence-corrected chi connectivity index (χ3v) is 8.16. The number of hydrogen-bond acceptors (Lipinski definition) is 8. The molecule has 2 aromatic carbocycles. The molecule has 2 heterocycles. The van der Waals surface area contributed by atoms with Gasteiger partial charge in [-0.15, -0.1) is 0 Å². The summed E-state index contributed by atoms with van der Waals surface area (Å²) < 4.78 is 6.13. The van der Waals surface area contributed by atoms with Crippen LogP contribution in [-0.2, 0) is 32.0 Å². The van der Waals surface area contributed by atoms with E-state index >= 15 is 0 Å². The Morgan fingerprint density at radius 1 is 1.00 bits per heavy atom. The van der Waals surface area contributed by atoms with Crippen molar-refractivity contribution in [1.82, 2.24) is 35.7 Å². The lowest BCUT2D eigenvalue weighted by Crippen LogP contribution is -2.54. The fourth-order valence-electron chi connectivity index (χ4n) is 5.55. The Balaban J connectivity index is 1.65. The molecule has 3 atom stereocenters. The van der Waals surface area contributed by atoms with Gasteiger partial charge in [-0.05, 0) is 36.5 Å². The predicted molar refractivity (Wildman–Crippen MR) is 182 cm³/mol. The second kappa shape index (κ2) is 17.7. The maximum absolute atomic E-state index is 13.8. The Bertz CT molecular complexity index is 1590. The topological polar surface area (TPSA) is 163 Å². The highest BCUT2D eigenvalue weighted by Gasteiger charge is 2.34. The second-order valence-corrected chi connectivity index (χ2v) is 12.6. The van der Waals surface area contributed by atoms with E-state index in [0.29, 0.717) is 25.0 Å². The molecule has 0 aliphatic carbocycles. The number of hydrogen-bond donors (Lipinski definition) is 3. The maximum Gasteiger partial charge on any atom is 0.255 e. The quantitative estimate of drug-likeness (QED) is 0.327. The van der Waals surface area contributed by atoms with Crippen LogP contribution < -0.4 is 20.7 Å². The Hall–Kier alpha value is -5.33. The second-order valence-electron chi connectivity index (χ2n) is 12.6. The van der Waals surface area contributed by atoms with Gasteiger partial charge in [-0.1, -0.05) is 56.3 Å². The normalized spacial score (nSPS) is 19.7. The molecular formula is C36H45N7O6. The number of likely N-dealkylation sites (N-methyl/N-ethyl adjacent to an activating group) is 2. The summed E-state index contributed by atoms with van der Waals surface area (Å²) in [7, 11) is 3.02. The van der Waals surface area contributed by atoms with Crippen LogP contribution >= 0.6 is 0 Å². The fraction of sp³-hybridized carbons (Fsp3) is 0.417. The van der Waals surface area contributed by atoms with Crippen LogP contribution in [0, 0.1) is 5.92 Å². The summed E-state index contributed by atoms with van der Waals surface area (Å²) >= 11 is 0. The first kappa shape index (κ1) is 36.5. The molecule has 4 rings (SSSR count). The summed E-state index contributed by atoms with van der Waals surface area (Å²) in [5, 5.41) is 8.50. The van der Waals surface area contributed by atoms with Crippen molar-refractivity contribution in [2.24, 2.45) is 5.92 Å². The fourth-order valence-corrected chi connectivity index (χ4v) is 5.55. The van der Waals surface area contributed by atoms with Crippen molar-refractivity contribution in [2.75, 3.05) is 33.8 Å². The van der Waals surface area contributed by atoms with Gasteiger partial charge < -0.3 is 30.5 Å². The van der Waals surface area contributed by atoms with Crippen molar-refractivity contribution < 1.29 is 28.7 Å². The van der Waals surface area contributed by atoms with Gasteiger partial charge in [0.25, 0.3) is 5.91 Å². The average Bonchev–Trinajstić information content (AvgIpc) is 3.09. The van der Waals surface area contributed by atoms with E-state index in [0.717, 1.165) is 5.56 Å². The lowest BCUT2D eigenvalue weighted by atomic mass is 10.0. The summed E-state index contributed by atoms with van der Waals surface area (Å²) in [6.07, 6.45) is 5.43. The number of ether oxygens (including phenoxy) is 1. The van der Waals surface area contributed by atoms with Gasteiger partial charge in [0.15, 0.2) is 0 Å². The highest BCUT2D eigenvalue weighted by Crippen LogP contribution is 2.20. The van der Waals surface area contributed by atoms with Gasteiger partial charge in [0.05, 0.1) is 30.3 Å². The first-order chi connectivity index (χ1) is 23.5. The highest BCUT2D eigenvalue weighted by atomic mass is 16.5. The van der Waals surface area contributed by atoms with Crippen molar-refractivity contribution in [3.05, 3.63) is 90.0 Å². The number of amides is 5. The summed E-state index contributed by atoms with van der Waals surface area (Å²) in [5.41, 5.74) is 1.78. The molecule has 0 fully saturated rings. The number of para-hydroxylation sites is 1. The minimum atomic E-state index is -1.27. The number of nitrogens with one attached hydrogen (secondary N) is 3. The number of rotatable bonds is 8. The van der Waals surface area contributed by atoms with Crippen molar-refractivity contribution in [1.29, 1.82) is 0 Å². The minimum Gasteiger partial charge on any atom is -0.491 e.